The predicted octanol–water partition coefficient (Wildman–Crippen LogP) is 2.19. The van der Waals surface area contributed by atoms with E-state index in [1.165, 1.54) is 0 Å². The molecular formula is C10H9N2. The van der Waals surface area contributed by atoms with Gasteiger partial charge in [-0.25, -0.2) is 4.98 Å². The summed E-state index contributed by atoms with van der Waals surface area (Å²) in [6.07, 6.45) is 3.58. The van der Waals surface area contributed by atoms with Crippen molar-refractivity contribution in [3.8, 4) is 11.4 Å². The Hall–Kier alpha value is -1.57. The summed E-state index contributed by atoms with van der Waals surface area (Å²) in [5.41, 5.74) is 1.09. The average molecular weight is 157 g/mol. The van der Waals surface area contributed by atoms with Crippen LogP contribution in [0.3, 0.4) is 0 Å². The van der Waals surface area contributed by atoms with Gasteiger partial charge >= 0.3 is 0 Å². The molecule has 2 heteroatoms. The Balaban J connectivity index is 2.51. The number of rotatable bonds is 1. The van der Waals surface area contributed by atoms with Gasteiger partial charge in [0.05, 0.1) is 0 Å². The van der Waals surface area contributed by atoms with Crippen LogP contribution in [0.25, 0.3) is 11.4 Å². The number of hydrogen-bond donors (Lipinski definition) is 0. The number of imidazole rings is 1. The first-order valence-electron chi connectivity index (χ1n) is 3.77. The highest BCUT2D eigenvalue weighted by Crippen LogP contribution is 2.14. The molecule has 1 aromatic carbocycles. The Morgan fingerprint density at radius 1 is 1.17 bits per heavy atom. The van der Waals surface area contributed by atoms with Gasteiger partial charge in [0.2, 0.25) is 0 Å². The predicted molar refractivity (Wildman–Crippen MR) is 48.4 cm³/mol. The third kappa shape index (κ3) is 1.11. The molecule has 0 spiro atoms. The highest BCUT2D eigenvalue weighted by molar-refractivity contribution is 5.55. The Labute approximate surface area is 71.5 Å². The number of hydrogen-bond acceptors (Lipinski definition) is 1. The summed E-state index contributed by atoms with van der Waals surface area (Å²) in [7, 11) is 3.81. The first-order valence-corrected chi connectivity index (χ1v) is 3.77. The average Bonchev–Trinajstić information content (AvgIpc) is 2.53. The van der Waals surface area contributed by atoms with Crippen molar-refractivity contribution in [3.63, 3.8) is 0 Å². The summed E-state index contributed by atoms with van der Waals surface area (Å²) < 4.78 is 1.76. The second-order valence-corrected chi connectivity index (χ2v) is 2.59. The number of benzene rings is 1. The van der Waals surface area contributed by atoms with E-state index in [0.717, 1.165) is 11.4 Å². The first kappa shape index (κ1) is 7.10. The molecule has 2 aromatic rings. The van der Waals surface area contributed by atoms with Crippen LogP contribution in [0.5, 0.6) is 0 Å². The third-order valence-corrected chi connectivity index (χ3v) is 1.75. The van der Waals surface area contributed by atoms with Crippen LogP contribution >= 0.6 is 0 Å². The van der Waals surface area contributed by atoms with Gasteiger partial charge in [0.15, 0.2) is 0 Å². The molecule has 0 atom stereocenters. The van der Waals surface area contributed by atoms with Crippen LogP contribution in [0.2, 0.25) is 0 Å². The van der Waals surface area contributed by atoms with Crippen LogP contribution in [0, 0.1) is 7.05 Å². The van der Waals surface area contributed by atoms with E-state index in [1.807, 2.05) is 36.5 Å². The molecule has 0 N–H and O–H groups in total. The van der Waals surface area contributed by atoms with Crippen molar-refractivity contribution >= 4 is 0 Å². The lowest BCUT2D eigenvalue weighted by Gasteiger charge is -1.99. The Morgan fingerprint density at radius 3 is 2.50 bits per heavy atom. The van der Waals surface area contributed by atoms with Crippen LogP contribution in [0.15, 0.2) is 42.7 Å². The summed E-state index contributed by atoms with van der Waals surface area (Å²) in [6, 6.07) is 10.0. The van der Waals surface area contributed by atoms with E-state index in [1.54, 1.807) is 10.8 Å². The largest absolute Gasteiger partial charge is 0.329 e. The minimum Gasteiger partial charge on any atom is -0.329 e. The highest BCUT2D eigenvalue weighted by atomic mass is 15.0. The fourth-order valence-corrected chi connectivity index (χ4v) is 1.16. The fraction of sp³-hybridized carbons (Fsp3) is 0. The minimum absolute atomic E-state index is 0.899. The van der Waals surface area contributed by atoms with Gasteiger partial charge in [0.1, 0.15) is 5.82 Å². The lowest BCUT2D eigenvalue weighted by atomic mass is 10.2. The van der Waals surface area contributed by atoms with Crippen molar-refractivity contribution in [2.75, 3.05) is 0 Å². The summed E-state index contributed by atoms with van der Waals surface area (Å²) in [5, 5.41) is 0. The Bertz CT molecular complexity index is 362. The zero-order chi connectivity index (χ0) is 8.39. The molecule has 0 saturated heterocycles. The maximum Gasteiger partial charge on any atom is 0.139 e. The molecule has 0 unspecified atom stereocenters. The molecule has 1 aromatic heterocycles. The quantitative estimate of drug-likeness (QED) is 0.620. The monoisotopic (exact) mass is 157 g/mol. The minimum atomic E-state index is 0.899. The van der Waals surface area contributed by atoms with Crippen molar-refractivity contribution in [1.29, 1.82) is 0 Å². The van der Waals surface area contributed by atoms with Gasteiger partial charge in [-0.05, 0) is 0 Å². The molecule has 0 fully saturated rings. The fourth-order valence-electron chi connectivity index (χ4n) is 1.16. The topological polar surface area (TPSA) is 17.8 Å². The zero-order valence-electron chi connectivity index (χ0n) is 6.64. The van der Waals surface area contributed by atoms with Gasteiger partial charge in [0.25, 0.3) is 0 Å². The molecule has 0 saturated carbocycles. The maximum atomic E-state index is 4.19. The second-order valence-electron chi connectivity index (χ2n) is 2.59. The van der Waals surface area contributed by atoms with E-state index in [-0.39, 0.29) is 0 Å². The summed E-state index contributed by atoms with van der Waals surface area (Å²) >= 11 is 0. The van der Waals surface area contributed by atoms with Gasteiger partial charge in [-0.3, -0.25) is 0 Å². The zero-order valence-corrected chi connectivity index (χ0v) is 6.64. The van der Waals surface area contributed by atoms with E-state index >= 15 is 0 Å². The van der Waals surface area contributed by atoms with Crippen molar-refractivity contribution in [3.05, 3.63) is 49.8 Å². The van der Waals surface area contributed by atoms with Gasteiger partial charge in [-0.1, -0.05) is 30.3 Å². The third-order valence-electron chi connectivity index (χ3n) is 1.75. The second kappa shape index (κ2) is 2.81. The summed E-state index contributed by atoms with van der Waals surface area (Å²) in [5.74, 6) is 0.899. The number of aromatic nitrogens is 2. The molecule has 1 heterocycles. The van der Waals surface area contributed by atoms with E-state index in [4.69, 9.17) is 0 Å². The molecule has 0 aliphatic rings. The maximum absolute atomic E-state index is 4.19. The molecule has 0 amide bonds. The molecule has 1 radical (unpaired) electrons. The molecule has 12 heavy (non-hydrogen) atoms. The van der Waals surface area contributed by atoms with Gasteiger partial charge in [-0.15, -0.1) is 0 Å². The van der Waals surface area contributed by atoms with E-state index in [2.05, 4.69) is 12.0 Å². The van der Waals surface area contributed by atoms with Crippen LogP contribution in [-0.2, 0) is 0 Å². The van der Waals surface area contributed by atoms with Crippen LogP contribution < -0.4 is 0 Å². The van der Waals surface area contributed by atoms with E-state index in [0.29, 0.717) is 0 Å². The highest BCUT2D eigenvalue weighted by Gasteiger charge is 1.99. The van der Waals surface area contributed by atoms with Gasteiger partial charge in [0, 0.05) is 25.0 Å². The Morgan fingerprint density at radius 2 is 1.92 bits per heavy atom. The summed E-state index contributed by atoms with van der Waals surface area (Å²) in [6.45, 7) is 0. The smallest absolute Gasteiger partial charge is 0.139 e. The number of nitrogens with zero attached hydrogens (tertiary/aromatic N) is 2. The molecule has 59 valence electrons. The SMILES string of the molecule is [CH2]n1ccnc1-c1ccccc1. The molecule has 0 aliphatic heterocycles. The standard InChI is InChI=1S/C10H9N2/c1-12-8-7-11-10(12)9-5-3-2-4-6-9/h2-8H,1H2. The van der Waals surface area contributed by atoms with Crippen molar-refractivity contribution in [1.82, 2.24) is 9.55 Å². The van der Waals surface area contributed by atoms with E-state index < -0.39 is 0 Å². The van der Waals surface area contributed by atoms with Crippen molar-refractivity contribution < 1.29 is 0 Å². The van der Waals surface area contributed by atoms with Crippen molar-refractivity contribution in [2.45, 2.75) is 0 Å². The van der Waals surface area contributed by atoms with Crippen molar-refractivity contribution in [2.24, 2.45) is 0 Å². The lowest BCUT2D eigenvalue weighted by molar-refractivity contribution is 1.07. The molecule has 0 aliphatic carbocycles. The van der Waals surface area contributed by atoms with Crippen LogP contribution in [0.4, 0.5) is 0 Å². The molecular weight excluding hydrogens is 148 g/mol. The first-order chi connectivity index (χ1) is 5.88. The summed E-state index contributed by atoms with van der Waals surface area (Å²) in [4.78, 5) is 4.19. The van der Waals surface area contributed by atoms with Gasteiger partial charge < -0.3 is 4.57 Å². The molecule has 2 nitrogen and oxygen atoms in total. The lowest BCUT2D eigenvalue weighted by Crippen LogP contribution is -1.87. The Kier molecular flexibility index (Phi) is 1.67. The molecule has 0 bridgehead atoms. The van der Waals surface area contributed by atoms with E-state index in [9.17, 15) is 0 Å². The van der Waals surface area contributed by atoms with Crippen LogP contribution in [-0.4, -0.2) is 9.55 Å². The van der Waals surface area contributed by atoms with Crippen LogP contribution in [0.1, 0.15) is 0 Å². The normalized spacial score (nSPS) is 10.1. The molecule has 2 rings (SSSR count). The van der Waals surface area contributed by atoms with Gasteiger partial charge in [-0.2, -0.15) is 0 Å².